The first kappa shape index (κ1) is 16.0. The zero-order valence-electron chi connectivity index (χ0n) is 13.1. The van der Waals surface area contributed by atoms with Gasteiger partial charge in [-0.1, -0.05) is 48.6 Å². The van der Waals surface area contributed by atoms with Gasteiger partial charge in [-0.15, -0.1) is 0 Å². The summed E-state index contributed by atoms with van der Waals surface area (Å²) in [7, 11) is 0. The van der Waals surface area contributed by atoms with Crippen molar-refractivity contribution >= 4 is 11.9 Å². The van der Waals surface area contributed by atoms with Gasteiger partial charge in [0, 0.05) is 0 Å². The molecule has 4 nitrogen and oxygen atoms in total. The minimum absolute atomic E-state index is 0.402. The summed E-state index contributed by atoms with van der Waals surface area (Å²) in [5, 5.41) is 0. The Morgan fingerprint density at radius 1 is 0.667 bits per heavy atom. The van der Waals surface area contributed by atoms with Gasteiger partial charge in [0.05, 0.1) is 11.8 Å². The summed E-state index contributed by atoms with van der Waals surface area (Å²) in [5.41, 5.74) is 0. The first-order valence-corrected chi connectivity index (χ1v) is 7.92. The topological polar surface area (TPSA) is 52.6 Å². The highest BCUT2D eigenvalue weighted by Crippen LogP contribution is 2.29. The fraction of sp³-hybridized carbons (Fsp3) is 0.200. The third-order valence-corrected chi connectivity index (χ3v) is 3.96. The molecule has 0 aliphatic heterocycles. The second kappa shape index (κ2) is 7.59. The molecule has 0 saturated carbocycles. The zero-order valence-corrected chi connectivity index (χ0v) is 13.1. The lowest BCUT2D eigenvalue weighted by Crippen LogP contribution is -2.36. The van der Waals surface area contributed by atoms with Crippen LogP contribution < -0.4 is 9.47 Å². The molecule has 2 aromatic rings. The number of para-hydroxylation sites is 2. The number of allylic oxidation sites excluding steroid dienone is 2. The molecule has 122 valence electrons. The van der Waals surface area contributed by atoms with E-state index in [1.165, 1.54) is 0 Å². The number of esters is 2. The van der Waals surface area contributed by atoms with Gasteiger partial charge in [0.25, 0.3) is 0 Å². The van der Waals surface area contributed by atoms with Gasteiger partial charge in [-0.3, -0.25) is 9.59 Å². The van der Waals surface area contributed by atoms with Gasteiger partial charge in [0.15, 0.2) is 0 Å². The number of carbonyl (C=O) groups excluding carboxylic acids is 2. The minimum atomic E-state index is -0.536. The Kier molecular flexibility index (Phi) is 5.06. The van der Waals surface area contributed by atoms with Gasteiger partial charge in [0.1, 0.15) is 11.5 Å². The molecule has 0 heterocycles. The molecule has 0 aromatic heterocycles. The van der Waals surface area contributed by atoms with Crippen molar-refractivity contribution in [2.75, 3.05) is 0 Å². The molecule has 0 amide bonds. The molecule has 2 atom stereocenters. The molecular formula is C20H18O4. The summed E-state index contributed by atoms with van der Waals surface area (Å²) >= 11 is 0. The fourth-order valence-electron chi connectivity index (χ4n) is 2.70. The van der Waals surface area contributed by atoms with Crippen LogP contribution in [-0.2, 0) is 9.59 Å². The van der Waals surface area contributed by atoms with Gasteiger partial charge in [-0.25, -0.2) is 0 Å². The second-order valence-corrected chi connectivity index (χ2v) is 5.62. The first-order chi connectivity index (χ1) is 11.7. The highest BCUT2D eigenvalue weighted by Gasteiger charge is 2.36. The third-order valence-electron chi connectivity index (χ3n) is 3.96. The van der Waals surface area contributed by atoms with Gasteiger partial charge < -0.3 is 9.47 Å². The SMILES string of the molecule is O=C(Oc1ccccc1)C1CC=CCC1C(=O)Oc1ccccc1. The van der Waals surface area contributed by atoms with Crippen LogP contribution in [0.1, 0.15) is 12.8 Å². The smallest absolute Gasteiger partial charge is 0.315 e. The van der Waals surface area contributed by atoms with Gasteiger partial charge in [0.2, 0.25) is 0 Å². The lowest BCUT2D eigenvalue weighted by Gasteiger charge is -2.25. The Bertz CT molecular complexity index is 658. The van der Waals surface area contributed by atoms with E-state index < -0.39 is 23.8 Å². The zero-order chi connectivity index (χ0) is 16.8. The summed E-state index contributed by atoms with van der Waals surface area (Å²) < 4.78 is 10.8. The summed E-state index contributed by atoms with van der Waals surface area (Å²) in [4.78, 5) is 24.9. The summed E-state index contributed by atoms with van der Waals surface area (Å²) in [5.74, 6) is -0.918. The molecule has 0 radical (unpaired) electrons. The number of rotatable bonds is 4. The van der Waals surface area contributed by atoms with Crippen molar-refractivity contribution in [1.29, 1.82) is 0 Å². The van der Waals surface area contributed by atoms with E-state index in [0.29, 0.717) is 24.3 Å². The highest BCUT2D eigenvalue weighted by atomic mass is 16.5. The maximum absolute atomic E-state index is 12.5. The van der Waals surface area contributed by atoms with Gasteiger partial charge in [-0.05, 0) is 37.1 Å². The standard InChI is InChI=1S/C20H18O4/c21-19(23-15-9-3-1-4-10-15)17-13-7-8-14-18(17)20(22)24-16-11-5-2-6-12-16/h1-12,17-18H,13-14H2. The molecule has 1 aliphatic rings. The number of hydrogen-bond donors (Lipinski definition) is 0. The van der Waals surface area contributed by atoms with Crippen LogP contribution in [0.5, 0.6) is 11.5 Å². The van der Waals surface area contributed by atoms with Crippen molar-refractivity contribution in [1.82, 2.24) is 0 Å². The van der Waals surface area contributed by atoms with Crippen LogP contribution >= 0.6 is 0 Å². The van der Waals surface area contributed by atoms with E-state index in [0.717, 1.165) is 0 Å². The number of hydrogen-bond acceptors (Lipinski definition) is 4. The van der Waals surface area contributed by atoms with Crippen LogP contribution in [0.4, 0.5) is 0 Å². The monoisotopic (exact) mass is 322 g/mol. The molecule has 0 fully saturated rings. The van der Waals surface area contributed by atoms with Crippen LogP contribution in [0.25, 0.3) is 0 Å². The average molecular weight is 322 g/mol. The molecule has 3 rings (SSSR count). The fourth-order valence-corrected chi connectivity index (χ4v) is 2.70. The van der Waals surface area contributed by atoms with E-state index in [-0.39, 0.29) is 0 Å². The maximum Gasteiger partial charge on any atom is 0.315 e. The van der Waals surface area contributed by atoms with Crippen LogP contribution in [0.3, 0.4) is 0 Å². The molecule has 0 saturated heterocycles. The predicted molar refractivity (Wildman–Crippen MR) is 89.5 cm³/mol. The number of carbonyl (C=O) groups is 2. The van der Waals surface area contributed by atoms with Crippen molar-refractivity contribution in [2.45, 2.75) is 12.8 Å². The Morgan fingerprint density at radius 2 is 1.04 bits per heavy atom. The van der Waals surface area contributed by atoms with Crippen molar-refractivity contribution in [3.8, 4) is 11.5 Å². The average Bonchev–Trinajstić information content (AvgIpc) is 2.63. The molecule has 24 heavy (non-hydrogen) atoms. The van der Waals surface area contributed by atoms with Crippen LogP contribution in [0, 0.1) is 11.8 Å². The van der Waals surface area contributed by atoms with Crippen molar-refractivity contribution in [2.24, 2.45) is 11.8 Å². The molecular weight excluding hydrogens is 304 g/mol. The Hall–Kier alpha value is -2.88. The maximum atomic E-state index is 12.5. The van der Waals surface area contributed by atoms with Crippen LogP contribution in [0.15, 0.2) is 72.8 Å². The van der Waals surface area contributed by atoms with Crippen molar-refractivity contribution in [3.05, 3.63) is 72.8 Å². The van der Waals surface area contributed by atoms with E-state index in [1.54, 1.807) is 48.5 Å². The Labute approximate surface area is 140 Å². The lowest BCUT2D eigenvalue weighted by molar-refractivity contribution is -0.150. The summed E-state index contributed by atoms with van der Waals surface area (Å²) in [6, 6.07) is 17.7. The lowest BCUT2D eigenvalue weighted by atomic mass is 9.83. The highest BCUT2D eigenvalue weighted by molar-refractivity contribution is 5.85. The van der Waals surface area contributed by atoms with E-state index in [1.807, 2.05) is 24.3 Å². The molecule has 0 bridgehead atoms. The quantitative estimate of drug-likeness (QED) is 0.488. The van der Waals surface area contributed by atoms with Crippen molar-refractivity contribution in [3.63, 3.8) is 0 Å². The second-order valence-electron chi connectivity index (χ2n) is 5.62. The Morgan fingerprint density at radius 3 is 1.42 bits per heavy atom. The van der Waals surface area contributed by atoms with E-state index in [4.69, 9.17) is 9.47 Å². The molecule has 2 aromatic carbocycles. The molecule has 0 spiro atoms. The van der Waals surface area contributed by atoms with Crippen molar-refractivity contribution < 1.29 is 19.1 Å². The first-order valence-electron chi connectivity index (χ1n) is 7.92. The third kappa shape index (κ3) is 3.90. The van der Waals surface area contributed by atoms with Crippen LogP contribution in [-0.4, -0.2) is 11.9 Å². The summed E-state index contributed by atoms with van der Waals surface area (Å²) in [6.45, 7) is 0. The molecule has 2 unspecified atom stereocenters. The molecule has 1 aliphatic carbocycles. The molecule has 4 heteroatoms. The Balaban J connectivity index is 1.70. The summed E-state index contributed by atoms with van der Waals surface area (Å²) in [6.07, 6.45) is 4.76. The normalized spacial score (nSPS) is 19.5. The molecule has 0 N–H and O–H groups in total. The minimum Gasteiger partial charge on any atom is -0.426 e. The van der Waals surface area contributed by atoms with Gasteiger partial charge >= 0.3 is 11.9 Å². The van der Waals surface area contributed by atoms with Gasteiger partial charge in [-0.2, -0.15) is 0 Å². The van der Waals surface area contributed by atoms with E-state index in [9.17, 15) is 9.59 Å². The predicted octanol–water partition coefficient (Wildman–Crippen LogP) is 3.78. The largest absolute Gasteiger partial charge is 0.426 e. The van der Waals surface area contributed by atoms with Crippen LogP contribution in [0.2, 0.25) is 0 Å². The van der Waals surface area contributed by atoms with E-state index >= 15 is 0 Å². The number of benzene rings is 2. The number of ether oxygens (including phenoxy) is 2. The van der Waals surface area contributed by atoms with E-state index in [2.05, 4.69) is 0 Å².